The average molecular weight is 798 g/mol. The molecule has 2 bridgehead atoms. The van der Waals surface area contributed by atoms with Crippen molar-refractivity contribution in [1.29, 1.82) is 0 Å². The van der Waals surface area contributed by atoms with Crippen molar-refractivity contribution < 1.29 is 14.3 Å². The van der Waals surface area contributed by atoms with E-state index in [0.717, 1.165) is 63.9 Å². The zero-order valence-electron chi connectivity index (χ0n) is 33.5. The molecule has 6 aliphatic rings. The summed E-state index contributed by atoms with van der Waals surface area (Å²) in [6, 6.07) is 37.8. The Labute approximate surface area is 348 Å². The highest BCUT2D eigenvalue weighted by Crippen LogP contribution is 2.38. The Hall–Kier alpha value is -4.47. The molecule has 0 spiro atoms. The highest BCUT2D eigenvalue weighted by molar-refractivity contribution is 6.18. The number of piperidine rings is 4. The molecular weight excluding hydrogens is 742 g/mol. The number of carbonyl (C=O) groups excluding carboxylic acids is 2. The Morgan fingerprint density at radius 3 is 2.16 bits per heavy atom. The van der Waals surface area contributed by atoms with Crippen LogP contribution in [0.2, 0.25) is 0 Å². The molecule has 302 valence electrons. The first-order chi connectivity index (χ1) is 28.5. The van der Waals surface area contributed by atoms with Gasteiger partial charge >= 0.3 is 0 Å². The molecule has 4 aromatic rings. The van der Waals surface area contributed by atoms with Crippen LogP contribution in [0.5, 0.6) is 5.75 Å². The van der Waals surface area contributed by atoms with Crippen molar-refractivity contribution in [3.63, 3.8) is 0 Å². The molecule has 2 amide bonds. The third-order valence-electron chi connectivity index (χ3n) is 13.4. The second kappa shape index (κ2) is 17.8. The lowest BCUT2D eigenvalue weighted by Crippen LogP contribution is -2.63. The van der Waals surface area contributed by atoms with Crippen LogP contribution in [-0.2, 0) is 22.7 Å². The number of fused-ring (bicyclic) bond motifs is 4. The summed E-state index contributed by atoms with van der Waals surface area (Å²) in [5.41, 5.74) is 10.0. The molecule has 1 N–H and O–H groups in total. The first-order valence-electron chi connectivity index (χ1n) is 21.5. The van der Waals surface area contributed by atoms with Crippen LogP contribution in [0.4, 0.5) is 5.69 Å². The number of alkyl halides is 1. The molecule has 6 aliphatic heterocycles. The predicted molar refractivity (Wildman–Crippen MR) is 233 cm³/mol. The molecule has 0 aliphatic carbocycles. The molecular formula is C49H56ClN5O3. The number of likely N-dealkylation sites (tertiary alicyclic amines) is 1. The highest BCUT2D eigenvalue weighted by atomic mass is 35.5. The van der Waals surface area contributed by atoms with Gasteiger partial charge in [-0.05, 0) is 121 Å². The van der Waals surface area contributed by atoms with Crippen LogP contribution in [0.25, 0.3) is 11.1 Å². The molecule has 9 heteroatoms. The number of anilines is 1. The van der Waals surface area contributed by atoms with E-state index >= 15 is 0 Å². The first-order valence-corrected chi connectivity index (χ1v) is 22.1. The second-order valence-electron chi connectivity index (χ2n) is 17.0. The minimum absolute atomic E-state index is 0.140. The SMILES string of the molecule is O=C1CCC(N2Cc3ccc(N4CC5CCC4CN5CC4CCN(CCOc5ccc(C(=C(CCCl)c6ccccc6)c6ccccc6)cc5)CC4)cc3C2)C(=O)N1. The third kappa shape index (κ3) is 8.62. The summed E-state index contributed by atoms with van der Waals surface area (Å²) in [5, 5.41) is 2.54. The lowest BCUT2D eigenvalue weighted by atomic mass is 9.87. The van der Waals surface area contributed by atoms with Gasteiger partial charge in [-0.2, -0.15) is 0 Å². The van der Waals surface area contributed by atoms with Crippen molar-refractivity contribution in [2.45, 2.75) is 76.2 Å². The maximum absolute atomic E-state index is 12.5. The van der Waals surface area contributed by atoms with Gasteiger partial charge in [0.25, 0.3) is 0 Å². The molecule has 0 saturated carbocycles. The van der Waals surface area contributed by atoms with Crippen molar-refractivity contribution >= 4 is 40.2 Å². The number of benzene rings is 4. The normalized spacial score (nSPS) is 23.5. The van der Waals surface area contributed by atoms with Crippen LogP contribution in [0.3, 0.4) is 0 Å². The summed E-state index contributed by atoms with van der Waals surface area (Å²) in [6.45, 7) is 8.95. The molecule has 8 nitrogen and oxygen atoms in total. The van der Waals surface area contributed by atoms with E-state index in [1.165, 1.54) is 76.9 Å². The number of ether oxygens (including phenoxy) is 1. The molecule has 3 unspecified atom stereocenters. The van der Waals surface area contributed by atoms with Crippen LogP contribution in [-0.4, -0.2) is 96.4 Å². The number of imide groups is 1. The van der Waals surface area contributed by atoms with Gasteiger partial charge in [0.1, 0.15) is 12.4 Å². The number of rotatable bonds is 13. The predicted octanol–water partition coefficient (Wildman–Crippen LogP) is 7.84. The lowest BCUT2D eigenvalue weighted by Gasteiger charge is -2.53. The number of hydrogen-bond acceptors (Lipinski definition) is 7. The Bertz CT molecular complexity index is 2080. The third-order valence-corrected chi connectivity index (χ3v) is 13.6. The summed E-state index contributed by atoms with van der Waals surface area (Å²) >= 11 is 6.36. The number of amides is 2. The monoisotopic (exact) mass is 797 g/mol. The van der Waals surface area contributed by atoms with Crippen LogP contribution in [0.15, 0.2) is 103 Å². The summed E-state index contributed by atoms with van der Waals surface area (Å²) in [4.78, 5) is 34.5. The average Bonchev–Trinajstić information content (AvgIpc) is 3.69. The van der Waals surface area contributed by atoms with Gasteiger partial charge in [0.2, 0.25) is 11.8 Å². The standard InChI is InChI=1S/C49H56ClN5O3/c50-24-21-45(36-7-3-1-4-8-36)48(37-9-5-2-6-10-37)38-12-17-44(18-13-38)58-28-27-52-25-22-35(23-26-52)30-53-33-43-16-15-42(53)34-55(43)41-14-11-39-31-54(32-40(39)29-41)46-19-20-47(56)51-49(46)57/h1-14,17-18,29,35,42-43,46H,15-16,19-28,30-34H2,(H,51,56,57). The van der Waals surface area contributed by atoms with E-state index < -0.39 is 0 Å². The fourth-order valence-electron chi connectivity index (χ4n) is 10.3. The number of piperazine rings is 1. The van der Waals surface area contributed by atoms with Gasteiger partial charge in [0.05, 0.1) is 6.04 Å². The van der Waals surface area contributed by atoms with Gasteiger partial charge < -0.3 is 9.64 Å². The van der Waals surface area contributed by atoms with Gasteiger partial charge in [0, 0.05) is 69.3 Å². The molecule has 10 rings (SSSR count). The minimum atomic E-state index is -0.212. The molecule has 3 atom stereocenters. The van der Waals surface area contributed by atoms with Gasteiger partial charge in [-0.25, -0.2) is 0 Å². The van der Waals surface area contributed by atoms with Crippen molar-refractivity contribution in [2.24, 2.45) is 5.92 Å². The number of nitrogens with one attached hydrogen (secondary N) is 1. The fraction of sp³-hybridized carbons (Fsp3) is 0.429. The van der Waals surface area contributed by atoms with Gasteiger partial charge in [-0.15, -0.1) is 11.6 Å². The van der Waals surface area contributed by atoms with Crippen molar-refractivity contribution in [3.8, 4) is 5.75 Å². The van der Waals surface area contributed by atoms with Gasteiger partial charge in [-0.1, -0.05) is 78.9 Å². The van der Waals surface area contributed by atoms with Crippen molar-refractivity contribution in [1.82, 2.24) is 20.0 Å². The summed E-state index contributed by atoms with van der Waals surface area (Å²) in [5.74, 6) is 1.93. The number of halogens is 1. The van der Waals surface area contributed by atoms with Gasteiger partial charge in [-0.3, -0.25) is 29.6 Å². The molecule has 0 radical (unpaired) electrons. The van der Waals surface area contributed by atoms with Crippen molar-refractivity contribution in [2.75, 3.05) is 56.7 Å². The summed E-state index contributed by atoms with van der Waals surface area (Å²) < 4.78 is 6.31. The number of carbonyl (C=O) groups is 2. The molecule has 0 aromatic heterocycles. The quantitative estimate of drug-likeness (QED) is 0.0841. The number of hydrogen-bond donors (Lipinski definition) is 1. The Morgan fingerprint density at radius 2 is 1.45 bits per heavy atom. The van der Waals surface area contributed by atoms with Gasteiger partial charge in [0.15, 0.2) is 0 Å². The Balaban J connectivity index is 0.742. The van der Waals surface area contributed by atoms with Crippen LogP contribution in [0.1, 0.15) is 72.8 Å². The Morgan fingerprint density at radius 1 is 0.741 bits per heavy atom. The topological polar surface area (TPSA) is 68.4 Å². The maximum atomic E-state index is 12.5. The van der Waals surface area contributed by atoms with E-state index in [-0.39, 0.29) is 17.9 Å². The number of nitrogens with zero attached hydrogens (tertiary/aromatic N) is 4. The lowest BCUT2D eigenvalue weighted by molar-refractivity contribution is -0.137. The minimum Gasteiger partial charge on any atom is -0.492 e. The van der Waals surface area contributed by atoms with E-state index in [1.54, 1.807) is 0 Å². The zero-order valence-corrected chi connectivity index (χ0v) is 34.3. The molecule has 4 aromatic carbocycles. The molecule has 5 saturated heterocycles. The zero-order chi connectivity index (χ0) is 39.4. The summed E-state index contributed by atoms with van der Waals surface area (Å²) in [6.07, 6.45) is 6.88. The smallest absolute Gasteiger partial charge is 0.243 e. The first kappa shape index (κ1) is 39.0. The van der Waals surface area contributed by atoms with E-state index in [0.29, 0.717) is 37.4 Å². The molecule has 6 heterocycles. The van der Waals surface area contributed by atoms with E-state index in [2.05, 4.69) is 128 Å². The Kier molecular flexibility index (Phi) is 12.0. The van der Waals surface area contributed by atoms with Crippen molar-refractivity contribution in [3.05, 3.63) is 131 Å². The van der Waals surface area contributed by atoms with Crippen LogP contribution < -0.4 is 15.0 Å². The summed E-state index contributed by atoms with van der Waals surface area (Å²) in [7, 11) is 0. The van der Waals surface area contributed by atoms with Crippen LogP contribution in [0, 0.1) is 5.92 Å². The van der Waals surface area contributed by atoms with E-state index in [4.69, 9.17) is 16.3 Å². The molecule has 5 fully saturated rings. The number of allylic oxidation sites excluding steroid dienone is 1. The van der Waals surface area contributed by atoms with Crippen LogP contribution >= 0.6 is 11.6 Å². The second-order valence-corrected chi connectivity index (χ2v) is 17.4. The molecule has 58 heavy (non-hydrogen) atoms. The fourth-order valence-corrected chi connectivity index (χ4v) is 10.5. The highest BCUT2D eigenvalue weighted by Gasteiger charge is 2.41. The van der Waals surface area contributed by atoms with E-state index in [9.17, 15) is 9.59 Å². The maximum Gasteiger partial charge on any atom is 0.243 e. The largest absolute Gasteiger partial charge is 0.492 e. The van der Waals surface area contributed by atoms with E-state index in [1.807, 2.05) is 0 Å².